The van der Waals surface area contributed by atoms with E-state index in [1.807, 2.05) is 24.3 Å². The van der Waals surface area contributed by atoms with Gasteiger partial charge in [-0.1, -0.05) is 48.5 Å². The summed E-state index contributed by atoms with van der Waals surface area (Å²) in [7, 11) is 1.42. The summed E-state index contributed by atoms with van der Waals surface area (Å²) in [5, 5.41) is 11.8. The van der Waals surface area contributed by atoms with E-state index in [0.29, 0.717) is 6.54 Å². The van der Waals surface area contributed by atoms with Gasteiger partial charge in [0.05, 0.1) is 6.33 Å². The van der Waals surface area contributed by atoms with Crippen molar-refractivity contribution in [3.05, 3.63) is 77.9 Å². The second-order valence-corrected chi connectivity index (χ2v) is 8.18. The number of likely N-dealkylation sites (N-methyl/N-ethyl adjacent to an activating group) is 1. The number of carbonyl (C=O) groups excluding carboxylic acids is 2. The molecule has 1 aromatic heterocycles. The van der Waals surface area contributed by atoms with Crippen LogP contribution in [0.4, 0.5) is 4.79 Å². The second-order valence-electron chi connectivity index (χ2n) is 8.18. The standard InChI is InChI=1S/C25H26N4O5/c1-16(24(31)32)28(2)23(30)22-13-29(15-27-22)12-11-26-25(33)34-14-21-19-9-5-3-7-17(19)18-8-4-6-10-20(18)21/h3-10,13,15-16,21H,11-12,14H2,1-2H3,(H,26,33)(H,31,32)/t16-/m0/s1. The molecule has 0 saturated carbocycles. The van der Waals surface area contributed by atoms with Crippen LogP contribution in [0.1, 0.15) is 34.5 Å². The fourth-order valence-electron chi connectivity index (χ4n) is 4.05. The quantitative estimate of drug-likeness (QED) is 0.532. The number of aliphatic carboxylic acids is 1. The average molecular weight is 463 g/mol. The van der Waals surface area contributed by atoms with E-state index in [9.17, 15) is 14.4 Å². The third kappa shape index (κ3) is 4.63. The molecule has 176 valence electrons. The molecule has 2 amide bonds. The van der Waals surface area contributed by atoms with E-state index in [0.717, 1.165) is 16.0 Å². The van der Waals surface area contributed by atoms with Gasteiger partial charge in [-0.05, 0) is 29.2 Å². The fraction of sp³-hybridized carbons (Fsp3) is 0.280. The number of carbonyl (C=O) groups is 3. The number of carboxylic acid groups (broad SMARTS) is 1. The Hall–Kier alpha value is -4.14. The minimum absolute atomic E-state index is 0.00875. The third-order valence-electron chi connectivity index (χ3n) is 6.09. The van der Waals surface area contributed by atoms with Gasteiger partial charge in [-0.2, -0.15) is 0 Å². The van der Waals surface area contributed by atoms with Crippen LogP contribution in [0.2, 0.25) is 0 Å². The lowest BCUT2D eigenvalue weighted by atomic mass is 9.98. The minimum atomic E-state index is -1.09. The van der Waals surface area contributed by atoms with E-state index in [4.69, 9.17) is 9.84 Å². The third-order valence-corrected chi connectivity index (χ3v) is 6.09. The summed E-state index contributed by atoms with van der Waals surface area (Å²) in [5.41, 5.74) is 4.77. The van der Waals surface area contributed by atoms with Gasteiger partial charge in [-0.3, -0.25) is 4.79 Å². The lowest BCUT2D eigenvalue weighted by Gasteiger charge is -2.20. The molecule has 3 aromatic rings. The van der Waals surface area contributed by atoms with Crippen LogP contribution >= 0.6 is 0 Å². The zero-order chi connectivity index (χ0) is 24.2. The molecule has 9 nitrogen and oxygen atoms in total. The lowest BCUT2D eigenvalue weighted by Crippen LogP contribution is -2.40. The molecule has 2 N–H and O–H groups in total. The van der Waals surface area contributed by atoms with Crippen LogP contribution in [-0.4, -0.2) is 63.8 Å². The molecule has 0 unspecified atom stereocenters. The first-order valence-corrected chi connectivity index (χ1v) is 11.0. The molecule has 0 aliphatic heterocycles. The highest BCUT2D eigenvalue weighted by molar-refractivity contribution is 5.94. The molecule has 2 aromatic carbocycles. The maximum Gasteiger partial charge on any atom is 0.407 e. The molecular formula is C25H26N4O5. The van der Waals surface area contributed by atoms with E-state index < -0.39 is 24.0 Å². The largest absolute Gasteiger partial charge is 0.480 e. The summed E-state index contributed by atoms with van der Waals surface area (Å²) in [6, 6.07) is 15.3. The molecule has 34 heavy (non-hydrogen) atoms. The zero-order valence-electron chi connectivity index (χ0n) is 19.0. The Morgan fingerprint density at radius 3 is 2.35 bits per heavy atom. The number of amides is 2. The normalized spacial score (nSPS) is 13.0. The Kier molecular flexibility index (Phi) is 6.62. The fourth-order valence-corrected chi connectivity index (χ4v) is 4.05. The van der Waals surface area contributed by atoms with Crippen molar-refractivity contribution in [3.63, 3.8) is 0 Å². The highest BCUT2D eigenvalue weighted by atomic mass is 16.5. The second kappa shape index (κ2) is 9.78. The Morgan fingerprint density at radius 2 is 1.74 bits per heavy atom. The van der Waals surface area contributed by atoms with Crippen molar-refractivity contribution in [2.24, 2.45) is 0 Å². The van der Waals surface area contributed by atoms with Crippen molar-refractivity contribution in [3.8, 4) is 11.1 Å². The minimum Gasteiger partial charge on any atom is -0.480 e. The first-order chi connectivity index (χ1) is 16.4. The van der Waals surface area contributed by atoms with Crippen molar-refractivity contribution < 1.29 is 24.2 Å². The van der Waals surface area contributed by atoms with Crippen molar-refractivity contribution in [1.29, 1.82) is 0 Å². The molecule has 0 bridgehead atoms. The van der Waals surface area contributed by atoms with Crippen molar-refractivity contribution in [2.75, 3.05) is 20.2 Å². The molecule has 9 heteroatoms. The topological polar surface area (TPSA) is 114 Å². The van der Waals surface area contributed by atoms with Gasteiger partial charge in [0.25, 0.3) is 5.91 Å². The molecule has 1 aliphatic rings. The van der Waals surface area contributed by atoms with E-state index in [-0.39, 0.29) is 24.8 Å². The summed E-state index contributed by atoms with van der Waals surface area (Å²) in [4.78, 5) is 40.9. The van der Waals surface area contributed by atoms with Crippen LogP contribution in [0.25, 0.3) is 11.1 Å². The molecule has 0 saturated heterocycles. The zero-order valence-corrected chi connectivity index (χ0v) is 19.0. The number of carboxylic acids is 1. The number of rotatable bonds is 8. The Balaban J connectivity index is 1.28. The molecule has 0 spiro atoms. The van der Waals surface area contributed by atoms with E-state index in [1.54, 1.807) is 4.57 Å². The maximum absolute atomic E-state index is 12.4. The summed E-state index contributed by atoms with van der Waals surface area (Å²) in [6.45, 7) is 2.32. The number of alkyl carbamates (subject to hydrolysis) is 1. The van der Waals surface area contributed by atoms with Gasteiger partial charge in [0.15, 0.2) is 0 Å². The number of nitrogens with one attached hydrogen (secondary N) is 1. The van der Waals surface area contributed by atoms with Gasteiger partial charge in [-0.25, -0.2) is 14.6 Å². The number of aromatic nitrogens is 2. The van der Waals surface area contributed by atoms with Crippen LogP contribution in [0, 0.1) is 0 Å². The van der Waals surface area contributed by atoms with E-state index in [2.05, 4.69) is 34.6 Å². The first-order valence-electron chi connectivity index (χ1n) is 11.0. The molecule has 0 fully saturated rings. The number of imidazole rings is 1. The smallest absolute Gasteiger partial charge is 0.407 e. The number of nitrogens with zero attached hydrogens (tertiary/aromatic N) is 3. The molecule has 0 radical (unpaired) electrons. The van der Waals surface area contributed by atoms with Gasteiger partial charge in [0, 0.05) is 32.3 Å². The van der Waals surface area contributed by atoms with Gasteiger partial charge in [0.2, 0.25) is 0 Å². The maximum atomic E-state index is 12.4. The van der Waals surface area contributed by atoms with Gasteiger partial charge in [0.1, 0.15) is 18.3 Å². The number of hydrogen-bond acceptors (Lipinski definition) is 5. The number of fused-ring (bicyclic) bond motifs is 3. The van der Waals surface area contributed by atoms with Crippen molar-refractivity contribution in [2.45, 2.75) is 25.4 Å². The molecule has 1 aliphatic carbocycles. The summed E-state index contributed by atoms with van der Waals surface area (Å²) < 4.78 is 7.16. The van der Waals surface area contributed by atoms with Crippen molar-refractivity contribution >= 4 is 18.0 Å². The van der Waals surface area contributed by atoms with Crippen LogP contribution in [0.3, 0.4) is 0 Å². The van der Waals surface area contributed by atoms with Gasteiger partial charge >= 0.3 is 12.1 Å². The molecule has 1 atom stereocenters. The predicted octanol–water partition coefficient (Wildman–Crippen LogP) is 2.97. The molecule has 1 heterocycles. The number of benzene rings is 2. The first kappa shape index (κ1) is 23.0. The lowest BCUT2D eigenvalue weighted by molar-refractivity contribution is -0.141. The SMILES string of the molecule is C[C@@H](C(=O)O)N(C)C(=O)c1cn(CCNC(=O)OCC2c3ccccc3-c3ccccc32)cn1. The highest BCUT2D eigenvalue weighted by Crippen LogP contribution is 2.44. The Morgan fingerprint density at radius 1 is 1.12 bits per heavy atom. The van der Waals surface area contributed by atoms with Crippen molar-refractivity contribution in [1.82, 2.24) is 19.8 Å². The summed E-state index contributed by atoms with van der Waals surface area (Å²) >= 11 is 0. The highest BCUT2D eigenvalue weighted by Gasteiger charge is 2.29. The van der Waals surface area contributed by atoms with Crippen LogP contribution < -0.4 is 5.32 Å². The predicted molar refractivity (Wildman–Crippen MR) is 124 cm³/mol. The molecular weight excluding hydrogens is 436 g/mol. The Bertz CT molecular complexity index is 1180. The monoisotopic (exact) mass is 462 g/mol. The van der Waals surface area contributed by atoms with Crippen LogP contribution in [0.15, 0.2) is 61.1 Å². The van der Waals surface area contributed by atoms with E-state index >= 15 is 0 Å². The average Bonchev–Trinajstić information content (AvgIpc) is 3.44. The number of hydrogen-bond donors (Lipinski definition) is 2. The summed E-state index contributed by atoms with van der Waals surface area (Å²) in [5.74, 6) is -1.59. The molecule has 4 rings (SSSR count). The Labute approximate surface area is 197 Å². The number of ether oxygens (including phenoxy) is 1. The van der Waals surface area contributed by atoms with E-state index in [1.165, 1.54) is 37.6 Å². The summed E-state index contributed by atoms with van der Waals surface area (Å²) in [6.07, 6.45) is 2.46. The van der Waals surface area contributed by atoms with Gasteiger partial charge < -0.3 is 24.6 Å². The van der Waals surface area contributed by atoms with Crippen LogP contribution in [0.5, 0.6) is 0 Å². The van der Waals surface area contributed by atoms with Gasteiger partial charge in [-0.15, -0.1) is 0 Å². The van der Waals surface area contributed by atoms with Crippen LogP contribution in [-0.2, 0) is 16.1 Å².